The summed E-state index contributed by atoms with van der Waals surface area (Å²) in [6.45, 7) is 6.14. The summed E-state index contributed by atoms with van der Waals surface area (Å²) in [5.41, 5.74) is 2.78. The second-order valence-corrected chi connectivity index (χ2v) is 5.72. The molecule has 0 aliphatic rings. The van der Waals surface area contributed by atoms with Crippen LogP contribution in [0.3, 0.4) is 0 Å². The SMILES string of the molecule is CC(C)(C)OCC(NN)c1cc(Br)ccc1F. The van der Waals surface area contributed by atoms with Gasteiger partial charge in [0, 0.05) is 10.0 Å². The number of ether oxygens (including phenoxy) is 1. The molecule has 0 bridgehead atoms. The lowest BCUT2D eigenvalue weighted by Crippen LogP contribution is -2.34. The molecule has 0 radical (unpaired) electrons. The lowest BCUT2D eigenvalue weighted by atomic mass is 10.1. The normalized spacial score (nSPS) is 13.8. The van der Waals surface area contributed by atoms with Gasteiger partial charge in [0.25, 0.3) is 0 Å². The van der Waals surface area contributed by atoms with Crippen molar-refractivity contribution in [3.8, 4) is 0 Å². The number of halogens is 2. The molecule has 0 spiro atoms. The molecule has 1 rings (SSSR count). The molecule has 1 atom stereocenters. The van der Waals surface area contributed by atoms with E-state index in [0.29, 0.717) is 12.2 Å². The highest BCUT2D eigenvalue weighted by Gasteiger charge is 2.18. The first-order valence-corrected chi connectivity index (χ1v) is 6.18. The second kappa shape index (κ2) is 5.91. The largest absolute Gasteiger partial charge is 0.374 e. The van der Waals surface area contributed by atoms with Crippen LogP contribution < -0.4 is 11.3 Å². The lowest BCUT2D eigenvalue weighted by molar-refractivity contribution is -0.0152. The van der Waals surface area contributed by atoms with E-state index in [1.165, 1.54) is 6.07 Å². The van der Waals surface area contributed by atoms with Crippen molar-refractivity contribution in [2.45, 2.75) is 32.4 Å². The molecule has 0 amide bonds. The van der Waals surface area contributed by atoms with E-state index < -0.39 is 0 Å². The van der Waals surface area contributed by atoms with E-state index in [2.05, 4.69) is 21.4 Å². The minimum Gasteiger partial charge on any atom is -0.374 e. The van der Waals surface area contributed by atoms with Gasteiger partial charge in [0.15, 0.2) is 0 Å². The highest BCUT2D eigenvalue weighted by Crippen LogP contribution is 2.23. The fraction of sp³-hybridized carbons (Fsp3) is 0.500. The van der Waals surface area contributed by atoms with Gasteiger partial charge in [-0.05, 0) is 39.0 Å². The predicted molar refractivity (Wildman–Crippen MR) is 69.9 cm³/mol. The van der Waals surface area contributed by atoms with Crippen LogP contribution in [0.15, 0.2) is 22.7 Å². The van der Waals surface area contributed by atoms with Gasteiger partial charge >= 0.3 is 0 Å². The molecular formula is C12H18BrFN2O. The van der Waals surface area contributed by atoms with Crippen LogP contribution >= 0.6 is 15.9 Å². The topological polar surface area (TPSA) is 47.3 Å². The highest BCUT2D eigenvalue weighted by molar-refractivity contribution is 9.10. The molecule has 0 aromatic heterocycles. The molecule has 0 fully saturated rings. The summed E-state index contributed by atoms with van der Waals surface area (Å²) >= 11 is 3.31. The third-order valence-electron chi connectivity index (χ3n) is 2.22. The Hall–Kier alpha value is -0.490. The summed E-state index contributed by atoms with van der Waals surface area (Å²) in [6.07, 6.45) is 0. The Labute approximate surface area is 110 Å². The minimum absolute atomic E-state index is 0.280. The Morgan fingerprint density at radius 1 is 1.47 bits per heavy atom. The van der Waals surface area contributed by atoms with Crippen LogP contribution in [0.4, 0.5) is 4.39 Å². The molecular weight excluding hydrogens is 287 g/mol. The number of nitrogens with two attached hydrogens (primary N) is 1. The van der Waals surface area contributed by atoms with Crippen molar-refractivity contribution in [3.05, 3.63) is 34.1 Å². The van der Waals surface area contributed by atoms with Crippen LogP contribution in [-0.4, -0.2) is 12.2 Å². The molecule has 96 valence electrons. The molecule has 3 nitrogen and oxygen atoms in total. The number of hydrogen-bond acceptors (Lipinski definition) is 3. The Bertz CT molecular complexity index is 379. The fourth-order valence-electron chi connectivity index (χ4n) is 1.34. The summed E-state index contributed by atoms with van der Waals surface area (Å²) in [5.74, 6) is 5.14. The van der Waals surface area contributed by atoms with E-state index in [-0.39, 0.29) is 17.5 Å². The van der Waals surface area contributed by atoms with E-state index in [9.17, 15) is 4.39 Å². The van der Waals surface area contributed by atoms with Gasteiger partial charge in [-0.3, -0.25) is 11.3 Å². The Balaban J connectivity index is 2.82. The minimum atomic E-state index is -0.369. The zero-order valence-corrected chi connectivity index (χ0v) is 11.8. The maximum absolute atomic E-state index is 13.7. The average molecular weight is 305 g/mol. The fourth-order valence-corrected chi connectivity index (χ4v) is 1.72. The molecule has 0 aliphatic carbocycles. The summed E-state index contributed by atoms with van der Waals surface area (Å²) in [5, 5.41) is 0. The van der Waals surface area contributed by atoms with Crippen molar-refractivity contribution >= 4 is 15.9 Å². The van der Waals surface area contributed by atoms with Crippen LogP contribution in [0.25, 0.3) is 0 Å². The van der Waals surface area contributed by atoms with Crippen molar-refractivity contribution in [1.29, 1.82) is 0 Å². The molecule has 5 heteroatoms. The average Bonchev–Trinajstić information content (AvgIpc) is 2.22. The summed E-state index contributed by atoms with van der Waals surface area (Å²) in [6, 6.07) is 4.38. The number of rotatable bonds is 4. The first kappa shape index (κ1) is 14.6. The van der Waals surface area contributed by atoms with Gasteiger partial charge in [-0.1, -0.05) is 15.9 Å². The van der Waals surface area contributed by atoms with E-state index >= 15 is 0 Å². The highest BCUT2D eigenvalue weighted by atomic mass is 79.9. The summed E-state index contributed by atoms with van der Waals surface area (Å²) in [4.78, 5) is 0. The van der Waals surface area contributed by atoms with Crippen LogP contribution in [0.2, 0.25) is 0 Å². The zero-order valence-electron chi connectivity index (χ0n) is 10.3. The van der Waals surface area contributed by atoms with E-state index in [0.717, 1.165) is 4.47 Å². The second-order valence-electron chi connectivity index (χ2n) is 4.81. The summed E-state index contributed by atoms with van der Waals surface area (Å²) < 4.78 is 20.1. The first-order valence-electron chi connectivity index (χ1n) is 5.38. The Morgan fingerprint density at radius 3 is 2.65 bits per heavy atom. The van der Waals surface area contributed by atoms with Crippen LogP contribution in [0, 0.1) is 5.82 Å². The van der Waals surface area contributed by atoms with E-state index in [4.69, 9.17) is 10.6 Å². The molecule has 1 aromatic carbocycles. The van der Waals surface area contributed by atoms with Crippen molar-refractivity contribution in [2.75, 3.05) is 6.61 Å². The number of hydrazine groups is 1. The zero-order chi connectivity index (χ0) is 13.1. The van der Waals surface area contributed by atoms with Crippen LogP contribution in [-0.2, 0) is 4.74 Å². The van der Waals surface area contributed by atoms with Gasteiger partial charge in [0.05, 0.1) is 18.2 Å². The quantitative estimate of drug-likeness (QED) is 0.664. The standard InChI is InChI=1S/C12H18BrFN2O/c1-12(2,3)17-7-11(16-15)9-6-8(13)4-5-10(9)14/h4-6,11,16H,7,15H2,1-3H3. The van der Waals surface area contributed by atoms with Gasteiger partial charge in [-0.2, -0.15) is 0 Å². The lowest BCUT2D eigenvalue weighted by Gasteiger charge is -2.24. The van der Waals surface area contributed by atoms with Gasteiger partial charge in [-0.15, -0.1) is 0 Å². The summed E-state index contributed by atoms with van der Waals surface area (Å²) in [7, 11) is 0. The van der Waals surface area contributed by atoms with Gasteiger partial charge in [0.2, 0.25) is 0 Å². The molecule has 1 unspecified atom stereocenters. The Kier molecular flexibility index (Phi) is 5.06. The predicted octanol–water partition coefficient (Wildman–Crippen LogP) is 2.91. The monoisotopic (exact) mass is 304 g/mol. The van der Waals surface area contributed by atoms with Crippen molar-refractivity contribution in [2.24, 2.45) is 5.84 Å². The smallest absolute Gasteiger partial charge is 0.128 e. The molecule has 0 saturated carbocycles. The molecule has 3 N–H and O–H groups in total. The number of nitrogens with one attached hydrogen (secondary N) is 1. The molecule has 0 aliphatic heterocycles. The molecule has 1 aromatic rings. The maximum atomic E-state index is 13.7. The molecule has 17 heavy (non-hydrogen) atoms. The van der Waals surface area contributed by atoms with Gasteiger partial charge in [-0.25, -0.2) is 4.39 Å². The van der Waals surface area contributed by atoms with E-state index in [1.54, 1.807) is 12.1 Å². The molecule has 0 heterocycles. The van der Waals surface area contributed by atoms with Crippen molar-refractivity contribution < 1.29 is 9.13 Å². The van der Waals surface area contributed by atoms with E-state index in [1.807, 2.05) is 20.8 Å². The number of benzene rings is 1. The number of hydrogen-bond donors (Lipinski definition) is 2. The van der Waals surface area contributed by atoms with Gasteiger partial charge < -0.3 is 4.74 Å². The van der Waals surface area contributed by atoms with Crippen LogP contribution in [0.1, 0.15) is 32.4 Å². The van der Waals surface area contributed by atoms with Crippen molar-refractivity contribution in [1.82, 2.24) is 5.43 Å². The Morgan fingerprint density at radius 2 is 2.12 bits per heavy atom. The molecule has 0 saturated heterocycles. The third kappa shape index (κ3) is 4.71. The first-order chi connectivity index (χ1) is 7.83. The maximum Gasteiger partial charge on any atom is 0.128 e. The van der Waals surface area contributed by atoms with Crippen LogP contribution in [0.5, 0.6) is 0 Å². The van der Waals surface area contributed by atoms with Crippen molar-refractivity contribution in [3.63, 3.8) is 0 Å². The van der Waals surface area contributed by atoms with Gasteiger partial charge in [0.1, 0.15) is 5.82 Å². The third-order valence-corrected chi connectivity index (χ3v) is 2.71.